The molecule has 4 rings (SSSR count). The molecule has 1 N–H and O–H groups in total. The molecular weight excluding hydrogens is 318 g/mol. The largest absolute Gasteiger partial charge is 0.326 e. The third kappa shape index (κ3) is 1.80. The molecule has 0 unspecified atom stereocenters. The Morgan fingerprint density at radius 3 is 3.10 bits per heavy atom. The number of benzene rings is 1. The Morgan fingerprint density at radius 1 is 1.30 bits per heavy atom. The van der Waals surface area contributed by atoms with Crippen molar-refractivity contribution in [3.8, 4) is 11.3 Å². The molecular formula is C15H14BrN3O. The Bertz CT molecular complexity index is 720. The molecule has 4 nitrogen and oxygen atoms in total. The molecule has 102 valence electrons. The monoisotopic (exact) mass is 331 g/mol. The van der Waals surface area contributed by atoms with Crippen molar-refractivity contribution in [1.29, 1.82) is 0 Å². The van der Waals surface area contributed by atoms with Crippen LogP contribution in [-0.4, -0.2) is 15.5 Å². The maximum absolute atomic E-state index is 11.4. The molecule has 2 aliphatic rings. The van der Waals surface area contributed by atoms with E-state index in [0.717, 1.165) is 40.2 Å². The molecule has 1 amide bonds. The molecule has 0 saturated carbocycles. The maximum atomic E-state index is 11.4. The molecule has 0 aliphatic carbocycles. The molecule has 3 heterocycles. The van der Waals surface area contributed by atoms with Crippen molar-refractivity contribution in [1.82, 2.24) is 9.55 Å². The van der Waals surface area contributed by atoms with Gasteiger partial charge in [0.2, 0.25) is 5.91 Å². The summed E-state index contributed by atoms with van der Waals surface area (Å²) in [5.41, 5.74) is 5.47. The third-order valence-corrected chi connectivity index (χ3v) is 4.68. The highest BCUT2D eigenvalue weighted by atomic mass is 79.9. The number of carbonyl (C=O) groups excluding carboxylic acids is 1. The Morgan fingerprint density at radius 2 is 2.20 bits per heavy atom. The molecule has 1 aromatic carbocycles. The summed E-state index contributed by atoms with van der Waals surface area (Å²) in [5, 5.41) is 2.87. The number of halogens is 1. The number of anilines is 1. The smallest absolute Gasteiger partial charge is 0.228 e. The van der Waals surface area contributed by atoms with E-state index in [9.17, 15) is 4.79 Å². The summed E-state index contributed by atoms with van der Waals surface area (Å²) in [7, 11) is 0. The SMILES string of the molecule is O=C1Cc2cc(-c3nc(Br)n4c3CCCC4)ccc2N1. The van der Waals surface area contributed by atoms with Crippen LogP contribution in [0, 0.1) is 0 Å². The van der Waals surface area contributed by atoms with Gasteiger partial charge in [0.05, 0.1) is 12.1 Å². The number of nitrogens with zero attached hydrogens (tertiary/aromatic N) is 2. The highest BCUT2D eigenvalue weighted by Gasteiger charge is 2.22. The van der Waals surface area contributed by atoms with E-state index >= 15 is 0 Å². The summed E-state index contributed by atoms with van der Waals surface area (Å²) in [6.07, 6.45) is 3.97. The quantitative estimate of drug-likeness (QED) is 0.872. The first-order valence-electron chi connectivity index (χ1n) is 6.90. The van der Waals surface area contributed by atoms with Gasteiger partial charge in [-0.2, -0.15) is 0 Å². The van der Waals surface area contributed by atoms with Gasteiger partial charge in [0, 0.05) is 23.5 Å². The predicted molar refractivity (Wildman–Crippen MR) is 80.6 cm³/mol. The second-order valence-electron chi connectivity index (χ2n) is 5.38. The standard InChI is InChI=1S/C15H14BrN3O/c16-15-18-14(12-3-1-2-6-19(12)15)9-4-5-11-10(7-9)8-13(20)17-11/h4-5,7H,1-3,6,8H2,(H,17,20). The zero-order valence-electron chi connectivity index (χ0n) is 10.9. The van der Waals surface area contributed by atoms with E-state index in [0.29, 0.717) is 6.42 Å². The molecule has 5 heteroatoms. The number of imidazole rings is 1. The van der Waals surface area contributed by atoms with Gasteiger partial charge in [0.15, 0.2) is 4.73 Å². The molecule has 1 aromatic heterocycles. The van der Waals surface area contributed by atoms with E-state index in [1.807, 2.05) is 6.07 Å². The van der Waals surface area contributed by atoms with Crippen LogP contribution >= 0.6 is 15.9 Å². The van der Waals surface area contributed by atoms with E-state index in [1.165, 1.54) is 18.5 Å². The van der Waals surface area contributed by atoms with Gasteiger partial charge < -0.3 is 9.88 Å². The molecule has 0 atom stereocenters. The van der Waals surface area contributed by atoms with Crippen LogP contribution in [0.4, 0.5) is 5.69 Å². The summed E-state index contributed by atoms with van der Waals surface area (Å²) in [6.45, 7) is 1.04. The fraction of sp³-hybridized carbons (Fsp3) is 0.333. The Labute approximate surface area is 125 Å². The number of nitrogens with one attached hydrogen (secondary N) is 1. The van der Waals surface area contributed by atoms with Crippen LogP contribution in [0.3, 0.4) is 0 Å². The fourth-order valence-corrected chi connectivity index (χ4v) is 3.68. The Balaban J connectivity index is 1.82. The second-order valence-corrected chi connectivity index (χ2v) is 6.09. The van der Waals surface area contributed by atoms with Crippen molar-refractivity contribution in [2.45, 2.75) is 32.2 Å². The molecule has 0 spiro atoms. The minimum atomic E-state index is 0.0743. The normalized spacial score (nSPS) is 16.8. The molecule has 0 fully saturated rings. The van der Waals surface area contributed by atoms with Crippen molar-refractivity contribution in [2.75, 3.05) is 5.32 Å². The van der Waals surface area contributed by atoms with Crippen molar-refractivity contribution < 1.29 is 4.79 Å². The zero-order chi connectivity index (χ0) is 13.7. The van der Waals surface area contributed by atoms with Gasteiger partial charge >= 0.3 is 0 Å². The first-order valence-corrected chi connectivity index (χ1v) is 7.70. The summed E-state index contributed by atoms with van der Waals surface area (Å²) in [5.74, 6) is 0.0743. The first-order chi connectivity index (χ1) is 9.72. The van der Waals surface area contributed by atoms with Crippen molar-refractivity contribution in [3.05, 3.63) is 34.2 Å². The highest BCUT2D eigenvalue weighted by Crippen LogP contribution is 2.34. The van der Waals surface area contributed by atoms with Crippen LogP contribution < -0.4 is 5.32 Å². The van der Waals surface area contributed by atoms with Crippen molar-refractivity contribution in [2.24, 2.45) is 0 Å². The summed E-state index contributed by atoms with van der Waals surface area (Å²) >= 11 is 3.56. The predicted octanol–water partition coefficient (Wildman–Crippen LogP) is 3.14. The fourth-order valence-electron chi connectivity index (χ4n) is 3.11. The van der Waals surface area contributed by atoms with Gasteiger partial charge in [-0.1, -0.05) is 6.07 Å². The van der Waals surface area contributed by atoms with Crippen molar-refractivity contribution >= 4 is 27.5 Å². The van der Waals surface area contributed by atoms with Crippen LogP contribution in [0.2, 0.25) is 0 Å². The number of aromatic nitrogens is 2. The number of rotatable bonds is 1. The lowest BCUT2D eigenvalue weighted by atomic mass is 10.0. The summed E-state index contributed by atoms with van der Waals surface area (Å²) in [4.78, 5) is 16.1. The topological polar surface area (TPSA) is 46.9 Å². The van der Waals surface area contributed by atoms with Gasteiger partial charge in [0.1, 0.15) is 0 Å². The molecule has 20 heavy (non-hydrogen) atoms. The van der Waals surface area contributed by atoms with Gasteiger partial charge in [-0.05, 0) is 52.9 Å². The van der Waals surface area contributed by atoms with E-state index in [1.54, 1.807) is 0 Å². The lowest BCUT2D eigenvalue weighted by molar-refractivity contribution is -0.115. The average Bonchev–Trinajstić information content (AvgIpc) is 2.98. The van der Waals surface area contributed by atoms with Crippen molar-refractivity contribution in [3.63, 3.8) is 0 Å². The van der Waals surface area contributed by atoms with Crippen LogP contribution in [-0.2, 0) is 24.2 Å². The number of hydrogen-bond donors (Lipinski definition) is 1. The van der Waals surface area contributed by atoms with E-state index in [-0.39, 0.29) is 5.91 Å². The number of amides is 1. The van der Waals surface area contributed by atoms with E-state index in [4.69, 9.17) is 0 Å². The van der Waals surface area contributed by atoms with Gasteiger partial charge in [-0.15, -0.1) is 0 Å². The van der Waals surface area contributed by atoms with Gasteiger partial charge in [0.25, 0.3) is 0 Å². The van der Waals surface area contributed by atoms with Crippen LogP contribution in [0.25, 0.3) is 11.3 Å². The highest BCUT2D eigenvalue weighted by molar-refractivity contribution is 9.10. The minimum Gasteiger partial charge on any atom is -0.326 e. The molecule has 0 bridgehead atoms. The van der Waals surface area contributed by atoms with Gasteiger partial charge in [-0.25, -0.2) is 4.98 Å². The number of fused-ring (bicyclic) bond motifs is 2. The second kappa shape index (κ2) is 4.45. The molecule has 2 aliphatic heterocycles. The van der Waals surface area contributed by atoms with E-state index < -0.39 is 0 Å². The molecule has 0 radical (unpaired) electrons. The molecule has 0 saturated heterocycles. The Kier molecular flexibility index (Phi) is 2.70. The maximum Gasteiger partial charge on any atom is 0.228 e. The lowest BCUT2D eigenvalue weighted by Gasteiger charge is -2.16. The average molecular weight is 332 g/mol. The minimum absolute atomic E-state index is 0.0743. The molecule has 2 aromatic rings. The van der Waals surface area contributed by atoms with Gasteiger partial charge in [-0.3, -0.25) is 4.79 Å². The third-order valence-electron chi connectivity index (χ3n) is 4.08. The summed E-state index contributed by atoms with van der Waals surface area (Å²) in [6, 6.07) is 6.13. The first kappa shape index (κ1) is 12.1. The summed E-state index contributed by atoms with van der Waals surface area (Å²) < 4.78 is 3.17. The van der Waals surface area contributed by atoms with Crippen LogP contribution in [0.5, 0.6) is 0 Å². The Hall–Kier alpha value is -1.62. The number of carbonyl (C=O) groups is 1. The zero-order valence-corrected chi connectivity index (χ0v) is 12.5. The number of hydrogen-bond acceptors (Lipinski definition) is 2. The van der Waals surface area contributed by atoms with Crippen LogP contribution in [0.15, 0.2) is 22.9 Å². The van der Waals surface area contributed by atoms with E-state index in [2.05, 4.69) is 42.9 Å². The lowest BCUT2D eigenvalue weighted by Crippen LogP contribution is -2.10. The van der Waals surface area contributed by atoms with Crippen LogP contribution in [0.1, 0.15) is 24.1 Å².